The zero-order valence-electron chi connectivity index (χ0n) is 9.62. The number of halogens is 1. The van der Waals surface area contributed by atoms with E-state index in [2.05, 4.69) is 22.4 Å². The quantitative estimate of drug-likeness (QED) is 0.776. The minimum Gasteiger partial charge on any atom is -0.310 e. The second kappa shape index (κ2) is 4.63. The number of hydrogen-bond acceptors (Lipinski definition) is 2. The smallest absolute Gasteiger partial charge is 0.134 e. The first-order valence-corrected chi connectivity index (χ1v) is 6.51. The molecule has 0 aliphatic carbocycles. The number of para-hydroxylation sites is 1. The van der Waals surface area contributed by atoms with Gasteiger partial charge < -0.3 is 5.32 Å². The maximum absolute atomic E-state index is 6.29. The molecule has 3 heteroatoms. The highest BCUT2D eigenvalue weighted by atomic mass is 35.5. The van der Waals surface area contributed by atoms with Crippen LogP contribution in [0.4, 0.5) is 0 Å². The highest BCUT2D eigenvalue weighted by Crippen LogP contribution is 2.30. The predicted octanol–water partition coefficient (Wildman–Crippen LogP) is 3.70. The standard InChI is InChI=1S/C14H15ClN2/c15-14-11(13-7-3-4-8-16-13)9-10-5-1-2-6-12(10)17-14/h1-2,5-6,9,13,16H,3-4,7-8H2/t13-/m0/s1. The van der Waals surface area contributed by atoms with Gasteiger partial charge in [-0.15, -0.1) is 0 Å². The van der Waals surface area contributed by atoms with E-state index in [1.54, 1.807) is 0 Å². The van der Waals surface area contributed by atoms with E-state index in [0.29, 0.717) is 11.2 Å². The third kappa shape index (κ3) is 2.15. The number of benzene rings is 1. The van der Waals surface area contributed by atoms with Crippen molar-refractivity contribution in [1.29, 1.82) is 0 Å². The number of aromatic nitrogens is 1. The Kier molecular flexibility index (Phi) is 3.00. The van der Waals surface area contributed by atoms with Gasteiger partial charge in [0.15, 0.2) is 0 Å². The van der Waals surface area contributed by atoms with Gasteiger partial charge in [-0.05, 0) is 31.5 Å². The Hall–Kier alpha value is -1.12. The van der Waals surface area contributed by atoms with E-state index in [0.717, 1.165) is 24.0 Å². The highest BCUT2D eigenvalue weighted by Gasteiger charge is 2.18. The van der Waals surface area contributed by atoms with Crippen LogP contribution >= 0.6 is 11.6 Å². The summed E-state index contributed by atoms with van der Waals surface area (Å²) in [6, 6.07) is 10.7. The van der Waals surface area contributed by atoms with Gasteiger partial charge in [-0.25, -0.2) is 4.98 Å². The molecule has 0 amide bonds. The highest BCUT2D eigenvalue weighted by molar-refractivity contribution is 6.30. The molecule has 0 saturated carbocycles. The van der Waals surface area contributed by atoms with Gasteiger partial charge >= 0.3 is 0 Å². The fourth-order valence-corrected chi connectivity index (χ4v) is 2.75. The molecule has 1 aliphatic heterocycles. The third-order valence-corrected chi connectivity index (χ3v) is 3.69. The summed E-state index contributed by atoms with van der Waals surface area (Å²) in [6.45, 7) is 1.08. The third-order valence-electron chi connectivity index (χ3n) is 3.39. The molecule has 88 valence electrons. The molecular formula is C14H15ClN2. The zero-order chi connectivity index (χ0) is 11.7. The minimum absolute atomic E-state index is 0.369. The van der Waals surface area contributed by atoms with Crippen LogP contribution in [0.5, 0.6) is 0 Å². The number of nitrogens with one attached hydrogen (secondary N) is 1. The van der Waals surface area contributed by atoms with E-state index in [9.17, 15) is 0 Å². The van der Waals surface area contributed by atoms with Crippen molar-refractivity contribution in [3.8, 4) is 0 Å². The number of piperidine rings is 1. The molecule has 0 spiro atoms. The van der Waals surface area contributed by atoms with Gasteiger partial charge in [0.2, 0.25) is 0 Å². The van der Waals surface area contributed by atoms with E-state index in [1.807, 2.05) is 18.2 Å². The van der Waals surface area contributed by atoms with Crippen molar-refractivity contribution in [2.45, 2.75) is 25.3 Å². The normalized spacial score (nSPS) is 20.6. The summed E-state index contributed by atoms with van der Waals surface area (Å²) in [5, 5.41) is 5.32. The van der Waals surface area contributed by atoms with Crippen molar-refractivity contribution in [3.63, 3.8) is 0 Å². The topological polar surface area (TPSA) is 24.9 Å². The van der Waals surface area contributed by atoms with Gasteiger partial charge in [-0.1, -0.05) is 36.2 Å². The van der Waals surface area contributed by atoms with Crippen LogP contribution in [0.2, 0.25) is 5.15 Å². The van der Waals surface area contributed by atoms with Gasteiger partial charge in [-0.2, -0.15) is 0 Å². The first kappa shape index (κ1) is 11.0. The SMILES string of the molecule is Clc1nc2ccccc2cc1[C@@H]1CCCCN1. The molecular weight excluding hydrogens is 232 g/mol. The molecule has 1 aromatic carbocycles. The van der Waals surface area contributed by atoms with Crippen molar-refractivity contribution in [1.82, 2.24) is 10.3 Å². The predicted molar refractivity (Wildman–Crippen MR) is 71.3 cm³/mol. The molecule has 1 fully saturated rings. The van der Waals surface area contributed by atoms with Crippen LogP contribution in [-0.2, 0) is 0 Å². The van der Waals surface area contributed by atoms with Crippen LogP contribution in [0.3, 0.4) is 0 Å². The van der Waals surface area contributed by atoms with E-state index in [4.69, 9.17) is 11.6 Å². The fourth-order valence-electron chi connectivity index (χ4n) is 2.47. The number of fused-ring (bicyclic) bond motifs is 1. The lowest BCUT2D eigenvalue weighted by atomic mass is 9.98. The van der Waals surface area contributed by atoms with Crippen LogP contribution < -0.4 is 5.32 Å². The van der Waals surface area contributed by atoms with Crippen LogP contribution in [0.15, 0.2) is 30.3 Å². The van der Waals surface area contributed by atoms with Gasteiger partial charge in [0.1, 0.15) is 5.15 Å². The number of nitrogens with zero attached hydrogens (tertiary/aromatic N) is 1. The monoisotopic (exact) mass is 246 g/mol. The Balaban J connectivity index is 2.06. The van der Waals surface area contributed by atoms with E-state index in [1.165, 1.54) is 18.2 Å². The fraction of sp³-hybridized carbons (Fsp3) is 0.357. The van der Waals surface area contributed by atoms with Gasteiger partial charge in [0, 0.05) is 17.0 Å². The van der Waals surface area contributed by atoms with Gasteiger partial charge in [0.05, 0.1) is 5.52 Å². The number of pyridine rings is 1. The van der Waals surface area contributed by atoms with E-state index in [-0.39, 0.29) is 0 Å². The van der Waals surface area contributed by atoms with Crippen LogP contribution in [0.1, 0.15) is 30.9 Å². The van der Waals surface area contributed by atoms with Crippen molar-refractivity contribution < 1.29 is 0 Å². The van der Waals surface area contributed by atoms with Crippen molar-refractivity contribution >= 4 is 22.5 Å². The minimum atomic E-state index is 0.369. The molecule has 1 aromatic heterocycles. The zero-order valence-corrected chi connectivity index (χ0v) is 10.4. The van der Waals surface area contributed by atoms with Crippen molar-refractivity contribution in [3.05, 3.63) is 41.0 Å². The maximum Gasteiger partial charge on any atom is 0.134 e. The summed E-state index contributed by atoms with van der Waals surface area (Å²) >= 11 is 6.29. The summed E-state index contributed by atoms with van der Waals surface area (Å²) in [5.74, 6) is 0. The van der Waals surface area contributed by atoms with Gasteiger partial charge in [0.25, 0.3) is 0 Å². The molecule has 0 unspecified atom stereocenters. The molecule has 0 radical (unpaired) electrons. The van der Waals surface area contributed by atoms with Crippen LogP contribution in [0.25, 0.3) is 10.9 Å². The molecule has 2 nitrogen and oxygen atoms in total. The Morgan fingerprint density at radius 1 is 1.24 bits per heavy atom. The Bertz CT molecular complexity index is 533. The largest absolute Gasteiger partial charge is 0.310 e. The van der Waals surface area contributed by atoms with E-state index >= 15 is 0 Å². The second-order valence-electron chi connectivity index (χ2n) is 4.56. The Labute approximate surface area is 106 Å². The summed E-state index contributed by atoms with van der Waals surface area (Å²) in [6.07, 6.45) is 3.68. The van der Waals surface area contributed by atoms with Gasteiger partial charge in [-0.3, -0.25) is 0 Å². The number of rotatable bonds is 1. The first-order valence-electron chi connectivity index (χ1n) is 6.13. The van der Waals surface area contributed by atoms with Crippen LogP contribution in [-0.4, -0.2) is 11.5 Å². The molecule has 1 N–H and O–H groups in total. The Morgan fingerprint density at radius 3 is 2.94 bits per heavy atom. The second-order valence-corrected chi connectivity index (χ2v) is 4.92. The lowest BCUT2D eigenvalue weighted by Gasteiger charge is -2.24. The summed E-state index contributed by atoms with van der Waals surface area (Å²) in [7, 11) is 0. The lowest BCUT2D eigenvalue weighted by Crippen LogP contribution is -2.27. The molecule has 1 aliphatic rings. The molecule has 2 heterocycles. The lowest BCUT2D eigenvalue weighted by molar-refractivity contribution is 0.412. The molecule has 17 heavy (non-hydrogen) atoms. The van der Waals surface area contributed by atoms with Crippen LogP contribution in [0, 0.1) is 0 Å². The average Bonchev–Trinajstić information content (AvgIpc) is 2.39. The van der Waals surface area contributed by atoms with Crippen molar-refractivity contribution in [2.24, 2.45) is 0 Å². The first-order chi connectivity index (χ1) is 8.34. The average molecular weight is 247 g/mol. The summed E-state index contributed by atoms with van der Waals surface area (Å²) in [4.78, 5) is 4.48. The maximum atomic E-state index is 6.29. The molecule has 1 atom stereocenters. The molecule has 2 aromatic rings. The summed E-state index contributed by atoms with van der Waals surface area (Å²) in [5.41, 5.74) is 2.11. The molecule has 3 rings (SSSR count). The molecule has 0 bridgehead atoms. The Morgan fingerprint density at radius 2 is 2.12 bits per heavy atom. The summed E-state index contributed by atoms with van der Waals surface area (Å²) < 4.78 is 0. The molecule has 1 saturated heterocycles. The number of hydrogen-bond donors (Lipinski definition) is 1. The van der Waals surface area contributed by atoms with Crippen molar-refractivity contribution in [2.75, 3.05) is 6.54 Å². The van der Waals surface area contributed by atoms with E-state index < -0.39 is 0 Å².